The molecule has 5 rings (SSSR count). The Hall–Kier alpha value is -4.50. The molecule has 2 heterocycles. The van der Waals surface area contributed by atoms with Gasteiger partial charge >= 0.3 is 5.97 Å². The summed E-state index contributed by atoms with van der Waals surface area (Å²) >= 11 is 0. The molecule has 0 aliphatic rings. The lowest BCUT2D eigenvalue weighted by molar-refractivity contribution is -0.136. The number of H-pyrrole nitrogens is 2. The van der Waals surface area contributed by atoms with Crippen molar-refractivity contribution in [3.05, 3.63) is 102 Å². The molecule has 37 heavy (non-hydrogen) atoms. The van der Waals surface area contributed by atoms with E-state index in [1.807, 2.05) is 37.4 Å². The smallest absolute Gasteiger partial charge is 0.303 e. The first-order valence-electron chi connectivity index (χ1n) is 11.7. The van der Waals surface area contributed by atoms with E-state index < -0.39 is 23.4 Å². The zero-order valence-corrected chi connectivity index (χ0v) is 19.9. The van der Waals surface area contributed by atoms with Crippen LogP contribution in [0.3, 0.4) is 0 Å². The maximum Gasteiger partial charge on any atom is 0.303 e. The Morgan fingerprint density at radius 2 is 1.97 bits per heavy atom. The molecule has 1 atom stereocenters. The molecule has 3 aromatic carbocycles. The van der Waals surface area contributed by atoms with Crippen LogP contribution in [-0.2, 0) is 11.2 Å². The van der Waals surface area contributed by atoms with Crippen LogP contribution in [0.2, 0.25) is 0 Å². The molecule has 4 N–H and O–H groups in total. The van der Waals surface area contributed by atoms with Crippen molar-refractivity contribution < 1.29 is 23.4 Å². The summed E-state index contributed by atoms with van der Waals surface area (Å²) in [6, 6.07) is 17.1. The number of nitrogens with zero attached hydrogens (tertiary/aromatic N) is 1. The minimum atomic E-state index is -0.838. The Balaban J connectivity index is 1.39. The molecular formula is C28H24F2N4O3. The molecule has 7 nitrogen and oxygen atoms in total. The predicted molar refractivity (Wildman–Crippen MR) is 136 cm³/mol. The number of aromatic amines is 2. The number of imidazole rings is 1. The van der Waals surface area contributed by atoms with Gasteiger partial charge in [-0.15, -0.1) is 0 Å². The van der Waals surface area contributed by atoms with Crippen molar-refractivity contribution >= 4 is 16.9 Å². The van der Waals surface area contributed by atoms with Crippen molar-refractivity contribution in [1.82, 2.24) is 20.3 Å². The summed E-state index contributed by atoms with van der Waals surface area (Å²) in [5, 5.41) is 12.5. The molecule has 0 bridgehead atoms. The average Bonchev–Trinajstić information content (AvgIpc) is 3.57. The Morgan fingerprint density at radius 3 is 2.78 bits per heavy atom. The van der Waals surface area contributed by atoms with Gasteiger partial charge in [0.1, 0.15) is 11.6 Å². The van der Waals surface area contributed by atoms with Gasteiger partial charge in [-0.25, -0.2) is 13.8 Å². The molecule has 9 heteroatoms. The van der Waals surface area contributed by atoms with Crippen molar-refractivity contribution in [1.29, 1.82) is 0 Å². The molecule has 0 saturated carbocycles. The van der Waals surface area contributed by atoms with E-state index in [2.05, 4.69) is 20.3 Å². The van der Waals surface area contributed by atoms with E-state index in [0.29, 0.717) is 23.3 Å². The number of carboxylic acids is 1. The first-order chi connectivity index (χ1) is 17.9. The van der Waals surface area contributed by atoms with Crippen LogP contribution in [0.1, 0.15) is 29.3 Å². The second-order valence-corrected chi connectivity index (χ2v) is 8.62. The number of nitrogens with one attached hydrogen (secondary N) is 3. The highest BCUT2D eigenvalue weighted by molar-refractivity contribution is 5.82. The fraction of sp³-hybridized carbons (Fsp3) is 0.143. The van der Waals surface area contributed by atoms with Crippen LogP contribution in [0.4, 0.5) is 8.78 Å². The minimum Gasteiger partial charge on any atom is -0.481 e. The van der Waals surface area contributed by atoms with E-state index >= 15 is 0 Å². The van der Waals surface area contributed by atoms with Crippen LogP contribution >= 0.6 is 0 Å². The standard InChI is InChI=1S/C28H24F2N4O3/c1-31-26(17-5-2-4-16(12-17)8-9-24(35)36)23-15-33-28(34-23)18-6-3-7-19(13-18)37-27-21(29)14-22-20(25(27)30)10-11-32-22/h2-7,10-15,26,31-32H,8-9H2,1H3,(H,33,34)(H,35,36). The Morgan fingerprint density at radius 1 is 1.14 bits per heavy atom. The Kier molecular flexibility index (Phi) is 6.70. The number of fused-ring (bicyclic) bond motifs is 1. The maximum atomic E-state index is 14.8. The SMILES string of the molecule is CNC(c1cccc(CCC(=O)O)c1)c1cnc(-c2cccc(Oc3c(F)cc4[nH]ccc4c3F)c2)[nH]1. The van der Waals surface area contributed by atoms with Crippen molar-refractivity contribution in [2.45, 2.75) is 18.9 Å². The van der Waals surface area contributed by atoms with Gasteiger partial charge in [0.25, 0.3) is 0 Å². The van der Waals surface area contributed by atoms with E-state index in [1.165, 1.54) is 18.3 Å². The zero-order chi connectivity index (χ0) is 25.9. The first kappa shape index (κ1) is 24.2. The van der Waals surface area contributed by atoms with E-state index in [1.54, 1.807) is 24.4 Å². The third-order valence-corrected chi connectivity index (χ3v) is 6.14. The number of carboxylic acid groups (broad SMARTS) is 1. The van der Waals surface area contributed by atoms with Crippen LogP contribution in [-0.4, -0.2) is 33.1 Å². The number of hydrogen-bond donors (Lipinski definition) is 4. The lowest BCUT2D eigenvalue weighted by Gasteiger charge is -2.16. The highest BCUT2D eigenvalue weighted by Gasteiger charge is 2.19. The maximum absolute atomic E-state index is 14.8. The highest BCUT2D eigenvalue weighted by atomic mass is 19.1. The third-order valence-electron chi connectivity index (χ3n) is 6.14. The number of halogens is 2. The molecule has 0 amide bonds. The van der Waals surface area contributed by atoms with Gasteiger partial charge in [0.15, 0.2) is 17.4 Å². The van der Waals surface area contributed by atoms with Gasteiger partial charge in [0, 0.05) is 29.6 Å². The molecule has 0 aliphatic carbocycles. The summed E-state index contributed by atoms with van der Waals surface area (Å²) in [6.45, 7) is 0. The molecule has 0 fully saturated rings. The summed E-state index contributed by atoms with van der Waals surface area (Å²) in [6.07, 6.45) is 3.76. The van der Waals surface area contributed by atoms with Crippen molar-refractivity contribution in [2.75, 3.05) is 7.05 Å². The molecule has 5 aromatic rings. The zero-order valence-electron chi connectivity index (χ0n) is 19.9. The molecule has 0 aliphatic heterocycles. The Bertz CT molecular complexity index is 1580. The number of hydrogen-bond acceptors (Lipinski definition) is 4. The number of aryl methyl sites for hydroxylation is 1. The van der Waals surface area contributed by atoms with Gasteiger partial charge in [-0.3, -0.25) is 4.79 Å². The van der Waals surface area contributed by atoms with Crippen LogP contribution in [0.15, 0.2) is 73.1 Å². The molecule has 0 radical (unpaired) electrons. The molecule has 188 valence electrons. The first-order valence-corrected chi connectivity index (χ1v) is 11.7. The summed E-state index contributed by atoms with van der Waals surface area (Å²) in [5.74, 6) is -2.06. The number of carbonyl (C=O) groups is 1. The van der Waals surface area contributed by atoms with Gasteiger partial charge in [0.05, 0.1) is 23.4 Å². The number of benzene rings is 3. The van der Waals surface area contributed by atoms with Crippen LogP contribution in [0.25, 0.3) is 22.3 Å². The van der Waals surface area contributed by atoms with E-state index in [4.69, 9.17) is 9.84 Å². The highest BCUT2D eigenvalue weighted by Crippen LogP contribution is 2.34. The topological polar surface area (TPSA) is 103 Å². The average molecular weight is 503 g/mol. The normalized spacial score (nSPS) is 12.1. The van der Waals surface area contributed by atoms with Gasteiger partial charge in [-0.2, -0.15) is 0 Å². The van der Waals surface area contributed by atoms with Crippen LogP contribution in [0.5, 0.6) is 11.5 Å². The minimum absolute atomic E-state index is 0.0626. The van der Waals surface area contributed by atoms with Gasteiger partial charge < -0.3 is 25.1 Å². The number of rotatable bonds is 9. The molecule has 2 aromatic heterocycles. The summed E-state index contributed by atoms with van der Waals surface area (Å²) in [7, 11) is 1.83. The van der Waals surface area contributed by atoms with Crippen molar-refractivity contribution in [3.63, 3.8) is 0 Å². The van der Waals surface area contributed by atoms with E-state index in [-0.39, 0.29) is 23.6 Å². The number of aliphatic carboxylic acids is 1. The fourth-order valence-electron chi connectivity index (χ4n) is 4.34. The number of aromatic nitrogens is 3. The van der Waals surface area contributed by atoms with Gasteiger partial charge in [0.2, 0.25) is 0 Å². The molecular weight excluding hydrogens is 478 g/mol. The second kappa shape index (κ2) is 10.2. The van der Waals surface area contributed by atoms with Crippen LogP contribution in [0, 0.1) is 11.6 Å². The van der Waals surface area contributed by atoms with Crippen molar-refractivity contribution in [3.8, 4) is 22.9 Å². The van der Waals surface area contributed by atoms with E-state index in [9.17, 15) is 13.6 Å². The summed E-state index contributed by atoms with van der Waals surface area (Å²) in [5.41, 5.74) is 3.73. The van der Waals surface area contributed by atoms with Gasteiger partial charge in [-0.05, 0) is 42.8 Å². The molecule has 1 unspecified atom stereocenters. The largest absolute Gasteiger partial charge is 0.481 e. The summed E-state index contributed by atoms with van der Waals surface area (Å²) < 4.78 is 35.0. The van der Waals surface area contributed by atoms with Crippen molar-refractivity contribution in [2.24, 2.45) is 0 Å². The van der Waals surface area contributed by atoms with Crippen LogP contribution < -0.4 is 10.1 Å². The molecule has 0 spiro atoms. The Labute approximate surface area is 211 Å². The lowest BCUT2D eigenvalue weighted by Crippen LogP contribution is -2.18. The number of ether oxygens (including phenoxy) is 1. The fourth-order valence-corrected chi connectivity index (χ4v) is 4.34. The third kappa shape index (κ3) is 5.07. The quantitative estimate of drug-likeness (QED) is 0.199. The van der Waals surface area contributed by atoms with E-state index in [0.717, 1.165) is 16.8 Å². The second-order valence-electron chi connectivity index (χ2n) is 8.62. The molecule has 0 saturated heterocycles. The predicted octanol–water partition coefficient (Wildman–Crippen LogP) is 5.95. The monoisotopic (exact) mass is 502 g/mol. The lowest BCUT2D eigenvalue weighted by atomic mass is 10.00. The summed E-state index contributed by atoms with van der Waals surface area (Å²) in [4.78, 5) is 21.5. The van der Waals surface area contributed by atoms with Gasteiger partial charge in [-0.1, -0.05) is 36.4 Å².